The lowest BCUT2D eigenvalue weighted by atomic mass is 10.1. The molecule has 0 saturated carbocycles. The van der Waals surface area contributed by atoms with E-state index in [0.29, 0.717) is 17.0 Å². The number of aromatic nitrogens is 4. The van der Waals surface area contributed by atoms with E-state index in [-0.39, 0.29) is 49.9 Å². The largest absolute Gasteiger partial charge is 0.409 e. The summed E-state index contributed by atoms with van der Waals surface area (Å²) in [6.07, 6.45) is -5.16. The SMILES string of the molecule is Cc1noc(CN2CC[C@H](C(F)(F)F)n3c2nc(N2CCOC[C@H]2C)c(F)c3=O)n1. The summed E-state index contributed by atoms with van der Waals surface area (Å²) in [5.74, 6) is -1.35. The number of aryl methyl sites for hydroxylation is 1. The third-order valence-electron chi connectivity index (χ3n) is 5.20. The third kappa shape index (κ3) is 3.61. The summed E-state index contributed by atoms with van der Waals surface area (Å²) in [4.78, 5) is 24.0. The highest BCUT2D eigenvalue weighted by molar-refractivity contribution is 5.48. The minimum absolute atomic E-state index is 0.0540. The van der Waals surface area contributed by atoms with Crippen molar-refractivity contribution in [1.82, 2.24) is 19.7 Å². The zero-order valence-corrected chi connectivity index (χ0v) is 16.3. The molecule has 2 aliphatic rings. The molecule has 4 rings (SSSR count). The average Bonchev–Trinajstić information content (AvgIpc) is 3.09. The molecule has 0 bridgehead atoms. The number of ether oxygens (including phenoxy) is 1. The first kappa shape index (κ1) is 20.6. The van der Waals surface area contributed by atoms with Crippen LogP contribution in [0.1, 0.15) is 31.1 Å². The van der Waals surface area contributed by atoms with Crippen LogP contribution in [0.3, 0.4) is 0 Å². The summed E-state index contributed by atoms with van der Waals surface area (Å²) in [6.45, 7) is 4.08. The Bertz CT molecular complexity index is 991. The Balaban J connectivity index is 1.83. The van der Waals surface area contributed by atoms with Gasteiger partial charge in [0.2, 0.25) is 17.7 Å². The number of fused-ring (bicyclic) bond motifs is 1. The molecule has 0 aromatic carbocycles. The summed E-state index contributed by atoms with van der Waals surface area (Å²) >= 11 is 0. The van der Waals surface area contributed by atoms with Crippen LogP contribution in [-0.4, -0.2) is 58.2 Å². The number of hydrogen-bond donors (Lipinski definition) is 0. The van der Waals surface area contributed by atoms with Crippen molar-refractivity contribution in [3.8, 4) is 0 Å². The van der Waals surface area contributed by atoms with E-state index in [2.05, 4.69) is 15.1 Å². The Hall–Kier alpha value is -2.70. The fourth-order valence-corrected chi connectivity index (χ4v) is 3.76. The molecule has 0 unspecified atom stereocenters. The third-order valence-corrected chi connectivity index (χ3v) is 5.20. The van der Waals surface area contributed by atoms with Crippen LogP contribution in [-0.2, 0) is 11.3 Å². The maximum atomic E-state index is 15.0. The number of alkyl halides is 3. The maximum absolute atomic E-state index is 15.0. The lowest BCUT2D eigenvalue weighted by molar-refractivity contribution is -0.171. The van der Waals surface area contributed by atoms with Gasteiger partial charge in [-0.15, -0.1) is 0 Å². The van der Waals surface area contributed by atoms with Gasteiger partial charge in [0.25, 0.3) is 5.56 Å². The first-order chi connectivity index (χ1) is 14.2. The molecule has 9 nitrogen and oxygen atoms in total. The van der Waals surface area contributed by atoms with Crippen molar-refractivity contribution in [3.05, 3.63) is 27.9 Å². The molecule has 1 fully saturated rings. The number of halogens is 4. The average molecular weight is 432 g/mol. The molecule has 2 aromatic heterocycles. The molecule has 164 valence electrons. The number of rotatable bonds is 3. The molecule has 0 radical (unpaired) electrons. The quantitative estimate of drug-likeness (QED) is 0.679. The van der Waals surface area contributed by atoms with E-state index < -0.39 is 30.0 Å². The van der Waals surface area contributed by atoms with Crippen molar-refractivity contribution in [2.75, 3.05) is 36.1 Å². The lowest BCUT2D eigenvalue weighted by Gasteiger charge is -2.38. The van der Waals surface area contributed by atoms with Crippen LogP contribution in [0.25, 0.3) is 0 Å². The molecule has 13 heteroatoms. The number of hydrogen-bond acceptors (Lipinski definition) is 8. The van der Waals surface area contributed by atoms with Gasteiger partial charge in [-0.1, -0.05) is 5.16 Å². The molecular weight excluding hydrogens is 412 g/mol. The first-order valence-electron chi connectivity index (χ1n) is 9.44. The highest BCUT2D eigenvalue weighted by Crippen LogP contribution is 2.39. The molecule has 2 aromatic rings. The second-order valence-electron chi connectivity index (χ2n) is 7.34. The predicted octanol–water partition coefficient (Wildman–Crippen LogP) is 1.81. The Morgan fingerprint density at radius 1 is 1.23 bits per heavy atom. The van der Waals surface area contributed by atoms with E-state index in [1.807, 2.05) is 0 Å². The van der Waals surface area contributed by atoms with Crippen LogP contribution >= 0.6 is 0 Å². The van der Waals surface area contributed by atoms with Gasteiger partial charge in [0.05, 0.1) is 19.3 Å². The van der Waals surface area contributed by atoms with Gasteiger partial charge in [0.1, 0.15) is 12.6 Å². The predicted molar refractivity (Wildman–Crippen MR) is 95.9 cm³/mol. The van der Waals surface area contributed by atoms with Gasteiger partial charge < -0.3 is 19.1 Å². The number of morpholine rings is 1. The molecule has 0 N–H and O–H groups in total. The fraction of sp³-hybridized carbons (Fsp3) is 0.647. The van der Waals surface area contributed by atoms with Crippen molar-refractivity contribution < 1.29 is 26.8 Å². The van der Waals surface area contributed by atoms with Gasteiger partial charge in [-0.2, -0.15) is 27.5 Å². The van der Waals surface area contributed by atoms with Gasteiger partial charge >= 0.3 is 6.18 Å². The molecule has 1 saturated heterocycles. The minimum Gasteiger partial charge on any atom is -0.377 e. The molecule has 4 heterocycles. The van der Waals surface area contributed by atoms with Crippen LogP contribution in [0.15, 0.2) is 9.32 Å². The first-order valence-corrected chi connectivity index (χ1v) is 9.44. The van der Waals surface area contributed by atoms with Gasteiger partial charge in [0.15, 0.2) is 11.6 Å². The van der Waals surface area contributed by atoms with E-state index in [1.54, 1.807) is 13.8 Å². The smallest absolute Gasteiger partial charge is 0.377 e. The fourth-order valence-electron chi connectivity index (χ4n) is 3.76. The molecule has 2 aliphatic heterocycles. The minimum atomic E-state index is -4.73. The monoisotopic (exact) mass is 432 g/mol. The second-order valence-corrected chi connectivity index (χ2v) is 7.34. The van der Waals surface area contributed by atoms with E-state index in [0.717, 1.165) is 0 Å². The molecular formula is C17H20F4N6O3. The van der Waals surface area contributed by atoms with Gasteiger partial charge in [-0.3, -0.25) is 9.36 Å². The second kappa shape index (κ2) is 7.52. The summed E-state index contributed by atoms with van der Waals surface area (Å²) < 4.78 is 66.5. The van der Waals surface area contributed by atoms with E-state index in [1.165, 1.54) is 9.80 Å². The van der Waals surface area contributed by atoms with Crippen molar-refractivity contribution in [3.63, 3.8) is 0 Å². The van der Waals surface area contributed by atoms with Crippen LogP contribution < -0.4 is 15.4 Å². The Morgan fingerprint density at radius 2 is 2.00 bits per heavy atom. The van der Waals surface area contributed by atoms with E-state index >= 15 is 0 Å². The molecule has 0 amide bonds. The Morgan fingerprint density at radius 3 is 2.63 bits per heavy atom. The molecule has 0 aliphatic carbocycles. The van der Waals surface area contributed by atoms with E-state index in [4.69, 9.17) is 9.26 Å². The van der Waals surface area contributed by atoms with Crippen LogP contribution in [0.5, 0.6) is 0 Å². The zero-order valence-electron chi connectivity index (χ0n) is 16.3. The van der Waals surface area contributed by atoms with Crippen LogP contribution in [0.2, 0.25) is 0 Å². The molecule has 30 heavy (non-hydrogen) atoms. The molecule has 0 spiro atoms. The van der Waals surface area contributed by atoms with Crippen molar-refractivity contribution in [2.45, 2.75) is 45.1 Å². The summed E-state index contributed by atoms with van der Waals surface area (Å²) in [7, 11) is 0. The summed E-state index contributed by atoms with van der Waals surface area (Å²) in [6, 6.07) is -2.46. The zero-order chi connectivity index (χ0) is 21.6. The molecule has 2 atom stereocenters. The Labute approximate surface area is 168 Å². The van der Waals surface area contributed by atoms with Gasteiger partial charge in [-0.25, -0.2) is 0 Å². The van der Waals surface area contributed by atoms with Gasteiger partial charge in [0, 0.05) is 13.1 Å². The highest BCUT2D eigenvalue weighted by atomic mass is 19.4. The standard InChI is InChI=1S/C17H20F4N6O3/c1-9-8-29-6-5-26(9)14-13(18)15(28)27-11(17(19,20)21)3-4-25(16(27)23-14)7-12-22-10(2)24-30-12/h9,11H,3-8H2,1-2H3/t9-,11-/m1/s1. The number of nitrogens with zero attached hydrogens (tertiary/aromatic N) is 6. The highest BCUT2D eigenvalue weighted by Gasteiger charge is 2.46. The lowest BCUT2D eigenvalue weighted by Crippen LogP contribution is -2.49. The van der Waals surface area contributed by atoms with Gasteiger partial charge in [-0.05, 0) is 20.3 Å². The van der Waals surface area contributed by atoms with Crippen LogP contribution in [0.4, 0.5) is 29.3 Å². The topological polar surface area (TPSA) is 89.5 Å². The summed E-state index contributed by atoms with van der Waals surface area (Å²) in [5, 5.41) is 3.66. The van der Waals surface area contributed by atoms with Crippen molar-refractivity contribution in [1.29, 1.82) is 0 Å². The van der Waals surface area contributed by atoms with Crippen molar-refractivity contribution >= 4 is 11.8 Å². The summed E-state index contributed by atoms with van der Waals surface area (Å²) in [5.41, 5.74) is -1.36. The Kier molecular flexibility index (Phi) is 5.16. The van der Waals surface area contributed by atoms with Crippen LogP contribution in [0, 0.1) is 12.7 Å². The van der Waals surface area contributed by atoms with Crippen molar-refractivity contribution in [2.24, 2.45) is 0 Å². The van der Waals surface area contributed by atoms with E-state index in [9.17, 15) is 22.4 Å². The number of anilines is 2. The normalized spacial score (nSPS) is 22.3. The maximum Gasteiger partial charge on any atom is 0.409 e.